The van der Waals surface area contributed by atoms with Crippen molar-refractivity contribution in [3.63, 3.8) is 0 Å². The van der Waals surface area contributed by atoms with Crippen molar-refractivity contribution in [1.82, 2.24) is 15.0 Å². The van der Waals surface area contributed by atoms with Crippen molar-refractivity contribution in [2.24, 2.45) is 11.8 Å². The summed E-state index contributed by atoms with van der Waals surface area (Å²) >= 11 is 0. The molecule has 0 radical (unpaired) electrons. The number of pyridine rings is 1. The number of ether oxygens (including phenoxy) is 2. The van der Waals surface area contributed by atoms with Crippen molar-refractivity contribution in [1.29, 1.82) is 0 Å². The van der Waals surface area contributed by atoms with Gasteiger partial charge >= 0.3 is 0 Å². The van der Waals surface area contributed by atoms with Gasteiger partial charge in [0.1, 0.15) is 36.1 Å². The molecule has 3 aliphatic rings. The molecule has 2 heterocycles. The Hall–Kier alpha value is -5.26. The van der Waals surface area contributed by atoms with Crippen LogP contribution in [-0.2, 0) is 24.4 Å². The number of nitrogens with zero attached hydrogens (tertiary/aromatic N) is 4. The lowest BCUT2D eigenvalue weighted by Crippen LogP contribution is -2.63. The van der Waals surface area contributed by atoms with Crippen LogP contribution in [0.3, 0.4) is 0 Å². The number of benzene rings is 2. The fraction of sp³-hybridized carbons (Fsp3) is 0.316. The van der Waals surface area contributed by atoms with Crippen LogP contribution in [0.1, 0.15) is 50.8 Å². The highest BCUT2D eigenvalue weighted by Gasteiger charge is 2.65. The van der Waals surface area contributed by atoms with Crippen molar-refractivity contribution in [2.45, 2.75) is 37.7 Å². The number of anilines is 1. The maximum atomic E-state index is 14.7. The maximum absolute atomic E-state index is 14.7. The SMILES string of the molecule is C=CCN(C)[C@@H]1c2onc(OCc3ccccc3)c2C(=O)[C@@]2(O)C(=O)C3=C(O)c4c(OCc5ccccc5)cnc(N(C)C)c4C[C@H]3C[C@@H]12. The van der Waals surface area contributed by atoms with Gasteiger partial charge in [-0.3, -0.25) is 14.5 Å². The topological polar surface area (TPSA) is 138 Å². The Balaban J connectivity index is 1.33. The maximum Gasteiger partial charge on any atom is 0.265 e. The zero-order valence-electron chi connectivity index (χ0n) is 27.6. The van der Waals surface area contributed by atoms with E-state index in [1.165, 1.54) is 6.20 Å². The Labute approximate surface area is 284 Å². The van der Waals surface area contributed by atoms with Crippen LogP contribution in [0.5, 0.6) is 11.6 Å². The molecule has 11 nitrogen and oxygen atoms in total. The fourth-order valence-electron chi connectivity index (χ4n) is 7.58. The lowest BCUT2D eigenvalue weighted by molar-refractivity contribution is -0.143. The van der Waals surface area contributed by atoms with Crippen molar-refractivity contribution < 1.29 is 33.8 Å². The van der Waals surface area contributed by atoms with Crippen LogP contribution in [0.15, 0.2) is 89.6 Å². The molecule has 2 N–H and O–H groups in total. The first-order valence-electron chi connectivity index (χ1n) is 16.2. The molecule has 4 atom stereocenters. The number of fused-ring (bicyclic) bond motifs is 4. The summed E-state index contributed by atoms with van der Waals surface area (Å²) in [7, 11) is 5.53. The molecule has 2 aromatic heterocycles. The summed E-state index contributed by atoms with van der Waals surface area (Å²) in [6.07, 6.45) is 3.76. The van der Waals surface area contributed by atoms with Gasteiger partial charge in [-0.2, -0.15) is 0 Å². The monoisotopic (exact) mass is 662 g/mol. The fourth-order valence-corrected chi connectivity index (χ4v) is 7.58. The Bertz CT molecular complexity index is 1960. The van der Waals surface area contributed by atoms with E-state index in [1.807, 2.05) is 91.6 Å². The summed E-state index contributed by atoms with van der Waals surface area (Å²) < 4.78 is 18.0. The summed E-state index contributed by atoms with van der Waals surface area (Å²) in [5, 5.41) is 28.6. The zero-order valence-corrected chi connectivity index (χ0v) is 27.6. The van der Waals surface area contributed by atoms with E-state index in [0.29, 0.717) is 30.1 Å². The first-order chi connectivity index (χ1) is 23.6. The van der Waals surface area contributed by atoms with Gasteiger partial charge in [0.2, 0.25) is 11.6 Å². The number of hydrogen-bond acceptors (Lipinski definition) is 11. The average molecular weight is 663 g/mol. The minimum atomic E-state index is -2.52. The molecular weight excluding hydrogens is 624 g/mol. The Morgan fingerprint density at radius 3 is 2.27 bits per heavy atom. The molecule has 4 aromatic rings. The van der Waals surface area contributed by atoms with Crippen molar-refractivity contribution in [2.75, 3.05) is 32.6 Å². The van der Waals surface area contributed by atoms with E-state index in [9.17, 15) is 19.8 Å². The van der Waals surface area contributed by atoms with Crippen molar-refractivity contribution in [3.05, 3.63) is 119 Å². The van der Waals surface area contributed by atoms with Gasteiger partial charge in [-0.05, 0) is 42.1 Å². The van der Waals surface area contributed by atoms with E-state index in [1.54, 1.807) is 6.08 Å². The van der Waals surface area contributed by atoms with E-state index in [2.05, 4.69) is 16.7 Å². The third-order valence-corrected chi connectivity index (χ3v) is 9.82. The van der Waals surface area contributed by atoms with Crippen LogP contribution < -0.4 is 14.4 Å². The van der Waals surface area contributed by atoms with Gasteiger partial charge < -0.3 is 29.1 Å². The second kappa shape index (κ2) is 12.6. The molecule has 0 aliphatic heterocycles. The molecule has 0 spiro atoms. The predicted octanol–water partition coefficient (Wildman–Crippen LogP) is 5.11. The molecule has 1 fully saturated rings. The highest BCUT2D eigenvalue weighted by Crippen LogP contribution is 2.56. The third kappa shape index (κ3) is 5.30. The third-order valence-electron chi connectivity index (χ3n) is 9.82. The van der Waals surface area contributed by atoms with E-state index in [0.717, 1.165) is 16.7 Å². The number of carbonyl (C=O) groups is 2. The lowest BCUT2D eigenvalue weighted by atomic mass is 9.57. The van der Waals surface area contributed by atoms with Gasteiger partial charge in [0, 0.05) is 37.7 Å². The largest absolute Gasteiger partial charge is 0.507 e. The van der Waals surface area contributed by atoms with Gasteiger partial charge in [-0.1, -0.05) is 66.7 Å². The van der Waals surface area contributed by atoms with Crippen LogP contribution in [0, 0.1) is 11.8 Å². The molecule has 11 heteroatoms. The summed E-state index contributed by atoms with van der Waals surface area (Å²) in [5.74, 6) is -2.44. The average Bonchev–Trinajstić information content (AvgIpc) is 3.52. The lowest BCUT2D eigenvalue weighted by Gasteiger charge is -2.49. The van der Waals surface area contributed by atoms with Crippen molar-refractivity contribution in [3.8, 4) is 11.6 Å². The van der Waals surface area contributed by atoms with Crippen LogP contribution in [-0.4, -0.2) is 70.1 Å². The number of aliphatic hydroxyl groups excluding tert-OH is 1. The molecule has 0 amide bonds. The summed E-state index contributed by atoms with van der Waals surface area (Å²) in [6, 6.07) is 18.2. The molecule has 49 heavy (non-hydrogen) atoms. The minimum Gasteiger partial charge on any atom is -0.507 e. The van der Waals surface area contributed by atoms with Gasteiger partial charge in [0.05, 0.1) is 17.8 Å². The van der Waals surface area contributed by atoms with Crippen LogP contribution in [0.25, 0.3) is 5.76 Å². The molecule has 3 aliphatic carbocycles. The number of ketones is 2. The molecule has 2 aromatic carbocycles. The smallest absolute Gasteiger partial charge is 0.265 e. The molecular formula is C38H38N4O7. The Morgan fingerprint density at radius 1 is 0.980 bits per heavy atom. The molecule has 252 valence electrons. The van der Waals surface area contributed by atoms with Gasteiger partial charge in [-0.15, -0.1) is 6.58 Å². The number of hydrogen-bond donors (Lipinski definition) is 2. The number of carbonyl (C=O) groups excluding carboxylic acids is 2. The molecule has 0 unspecified atom stereocenters. The van der Waals surface area contributed by atoms with Crippen LogP contribution in [0.4, 0.5) is 5.82 Å². The molecule has 0 bridgehead atoms. The van der Waals surface area contributed by atoms with E-state index in [4.69, 9.17) is 14.0 Å². The number of aromatic nitrogens is 2. The second-order valence-corrected chi connectivity index (χ2v) is 13.1. The molecule has 7 rings (SSSR count). The number of likely N-dealkylation sites (N-methyl/N-ethyl adjacent to an activating group) is 1. The summed E-state index contributed by atoms with van der Waals surface area (Å²) in [4.78, 5) is 37.6. The minimum absolute atomic E-state index is 0.00292. The normalized spacial score (nSPS) is 22.6. The van der Waals surface area contributed by atoms with Crippen LogP contribution >= 0.6 is 0 Å². The quantitative estimate of drug-likeness (QED) is 0.173. The Morgan fingerprint density at radius 2 is 1.63 bits per heavy atom. The van der Waals surface area contributed by atoms with Crippen LogP contribution in [0.2, 0.25) is 0 Å². The Kier molecular flexibility index (Phi) is 8.33. The van der Waals surface area contributed by atoms with E-state index < -0.39 is 35.0 Å². The molecule has 1 saturated carbocycles. The second-order valence-electron chi connectivity index (χ2n) is 13.1. The van der Waals surface area contributed by atoms with Crippen molar-refractivity contribution >= 4 is 23.1 Å². The zero-order chi connectivity index (χ0) is 34.4. The number of rotatable bonds is 10. The number of aliphatic hydroxyl groups is 2. The van der Waals surface area contributed by atoms with Gasteiger partial charge in [0.15, 0.2) is 11.4 Å². The van der Waals surface area contributed by atoms with Gasteiger partial charge in [0.25, 0.3) is 5.88 Å². The highest BCUT2D eigenvalue weighted by atomic mass is 16.5. The number of Topliss-reactive ketones (excluding diaryl/α,β-unsaturated/α-hetero) is 2. The van der Waals surface area contributed by atoms with Gasteiger partial charge in [-0.25, -0.2) is 4.98 Å². The van der Waals surface area contributed by atoms with E-state index in [-0.39, 0.29) is 48.2 Å². The van der Waals surface area contributed by atoms with E-state index >= 15 is 0 Å². The predicted molar refractivity (Wildman–Crippen MR) is 181 cm³/mol. The first-order valence-corrected chi connectivity index (χ1v) is 16.2. The highest BCUT2D eigenvalue weighted by molar-refractivity contribution is 6.26. The summed E-state index contributed by atoms with van der Waals surface area (Å²) in [5.41, 5.74) is 0.193. The first kappa shape index (κ1) is 32.3. The standard InChI is InChI=1S/C38H38N4O7/c1-5-16-42(4)31-26-18-24-17-25-29(27(19-39-36(25)41(2)3)47-20-22-12-8-6-9-13-22)32(43)28(24)34(44)38(26,46)35(45)30-33(31)49-40-37(30)48-21-23-14-10-7-11-15-23/h5-15,19,24,26,31,43,46H,1,16-18,20-21H2,2-4H3/t24-,26-,31-,38-/m0/s1. The molecule has 0 saturated heterocycles. The summed E-state index contributed by atoms with van der Waals surface area (Å²) in [6.45, 7) is 4.54.